The van der Waals surface area contributed by atoms with Gasteiger partial charge >= 0.3 is 0 Å². The summed E-state index contributed by atoms with van der Waals surface area (Å²) in [7, 11) is 5.55. The highest BCUT2D eigenvalue weighted by Crippen LogP contribution is 1.94. The van der Waals surface area contributed by atoms with Crippen LogP contribution in [0.1, 0.15) is 0 Å². The van der Waals surface area contributed by atoms with Gasteiger partial charge in [0.25, 0.3) is 0 Å². The van der Waals surface area contributed by atoms with E-state index in [1.54, 1.807) is 0 Å². The van der Waals surface area contributed by atoms with Gasteiger partial charge < -0.3 is 0 Å². The molecule has 0 saturated heterocycles. The summed E-state index contributed by atoms with van der Waals surface area (Å²) in [5.41, 5.74) is 0. The van der Waals surface area contributed by atoms with E-state index >= 15 is 0 Å². The zero-order valence-electron chi connectivity index (χ0n) is 5.14. The van der Waals surface area contributed by atoms with Crippen LogP contribution in [0.5, 0.6) is 0 Å². The SMILES string of the molecule is [B]B(CC=C)CC=C. The quantitative estimate of drug-likeness (QED) is 0.374. The molecule has 0 rings (SSSR count). The Labute approximate surface area is 53.1 Å². The maximum absolute atomic E-state index is 5.55. The molecule has 0 aromatic carbocycles. The van der Waals surface area contributed by atoms with Crippen molar-refractivity contribution in [1.29, 1.82) is 0 Å². The van der Waals surface area contributed by atoms with E-state index < -0.39 is 0 Å². The summed E-state index contributed by atoms with van der Waals surface area (Å²) in [4.78, 5) is 0. The highest BCUT2D eigenvalue weighted by molar-refractivity contribution is 7.03. The van der Waals surface area contributed by atoms with Gasteiger partial charge in [0.1, 0.15) is 0 Å². The molecule has 0 bridgehead atoms. The third-order valence-electron chi connectivity index (χ3n) is 0.939. The molecule has 0 fully saturated rings. The molecule has 0 aliphatic carbocycles. The van der Waals surface area contributed by atoms with Crippen molar-refractivity contribution in [3.05, 3.63) is 25.3 Å². The average Bonchev–Trinajstić information content (AvgIpc) is 1.68. The molecule has 0 spiro atoms. The molecular weight excluding hydrogens is 93.7 g/mol. The predicted molar refractivity (Wildman–Crippen MR) is 41.5 cm³/mol. The molecular formula is C6H10B2. The van der Waals surface area contributed by atoms with E-state index in [-0.39, 0.29) is 6.60 Å². The summed E-state index contributed by atoms with van der Waals surface area (Å²) in [5.74, 6) is 0. The summed E-state index contributed by atoms with van der Waals surface area (Å²) >= 11 is 0. The van der Waals surface area contributed by atoms with Crippen molar-refractivity contribution in [1.82, 2.24) is 0 Å². The van der Waals surface area contributed by atoms with Crippen molar-refractivity contribution in [3.8, 4) is 0 Å². The largest absolute Gasteiger partial charge is 0.104 e. The lowest BCUT2D eigenvalue weighted by Crippen LogP contribution is -2.08. The topological polar surface area (TPSA) is 0 Å². The van der Waals surface area contributed by atoms with Gasteiger partial charge in [0, 0.05) is 7.74 Å². The molecule has 0 heterocycles. The summed E-state index contributed by atoms with van der Waals surface area (Å²) < 4.78 is 0. The van der Waals surface area contributed by atoms with Gasteiger partial charge in [-0.1, -0.05) is 24.8 Å². The van der Waals surface area contributed by atoms with Crippen molar-refractivity contribution in [2.24, 2.45) is 0 Å². The summed E-state index contributed by atoms with van der Waals surface area (Å²) in [5, 5.41) is 0. The summed E-state index contributed by atoms with van der Waals surface area (Å²) in [6.07, 6.45) is 5.42. The lowest BCUT2D eigenvalue weighted by molar-refractivity contribution is 1.59. The van der Waals surface area contributed by atoms with Crippen LogP contribution in [0, 0.1) is 0 Å². The monoisotopic (exact) mass is 104 g/mol. The van der Waals surface area contributed by atoms with Gasteiger partial charge in [-0.2, -0.15) is 0 Å². The van der Waals surface area contributed by atoms with Crippen LogP contribution in [-0.2, 0) is 0 Å². The Hall–Kier alpha value is -0.390. The Kier molecular flexibility index (Phi) is 4.53. The Balaban J connectivity index is 3.16. The molecule has 2 heteroatoms. The van der Waals surface area contributed by atoms with E-state index in [1.807, 2.05) is 12.2 Å². The minimum atomic E-state index is 0.227. The molecule has 0 aromatic rings. The molecule has 0 unspecified atom stereocenters. The van der Waals surface area contributed by atoms with E-state index in [9.17, 15) is 0 Å². The van der Waals surface area contributed by atoms with Gasteiger partial charge in [-0.15, -0.1) is 13.2 Å². The van der Waals surface area contributed by atoms with Crippen molar-refractivity contribution in [2.45, 2.75) is 12.6 Å². The zero-order chi connectivity index (χ0) is 6.41. The van der Waals surface area contributed by atoms with Gasteiger partial charge in [-0.05, 0) is 0 Å². The fourth-order valence-corrected chi connectivity index (χ4v) is 0.524. The molecule has 40 valence electrons. The molecule has 8 heavy (non-hydrogen) atoms. The van der Waals surface area contributed by atoms with Crippen molar-refractivity contribution in [2.75, 3.05) is 0 Å². The Bertz CT molecular complexity index is 68.6. The van der Waals surface area contributed by atoms with Crippen LogP contribution in [0.2, 0.25) is 12.6 Å². The van der Waals surface area contributed by atoms with E-state index in [2.05, 4.69) is 13.2 Å². The first-order valence-corrected chi connectivity index (χ1v) is 2.78. The number of hydrogen-bond acceptors (Lipinski definition) is 0. The first kappa shape index (κ1) is 7.61. The number of allylic oxidation sites excluding steroid dienone is 2. The fourth-order valence-electron chi connectivity index (χ4n) is 0.524. The van der Waals surface area contributed by atoms with Crippen LogP contribution < -0.4 is 0 Å². The average molecular weight is 104 g/mol. The lowest BCUT2D eigenvalue weighted by Gasteiger charge is -1.97. The molecule has 0 saturated carbocycles. The molecule has 0 aliphatic heterocycles. The van der Waals surface area contributed by atoms with Crippen LogP contribution in [0.25, 0.3) is 0 Å². The maximum Gasteiger partial charge on any atom is 0.0997 e. The van der Waals surface area contributed by atoms with Gasteiger partial charge in [-0.25, -0.2) is 0 Å². The second-order valence-corrected chi connectivity index (χ2v) is 1.81. The second-order valence-electron chi connectivity index (χ2n) is 1.81. The highest BCUT2D eigenvalue weighted by Gasteiger charge is 1.97. The van der Waals surface area contributed by atoms with Gasteiger partial charge in [0.2, 0.25) is 0 Å². The Morgan fingerprint density at radius 2 is 1.62 bits per heavy atom. The highest BCUT2D eigenvalue weighted by atomic mass is 13.6. The van der Waals surface area contributed by atoms with E-state index in [1.165, 1.54) is 0 Å². The molecule has 0 aromatic heterocycles. The van der Waals surface area contributed by atoms with Crippen LogP contribution >= 0.6 is 0 Å². The van der Waals surface area contributed by atoms with Gasteiger partial charge in [0.15, 0.2) is 0 Å². The van der Waals surface area contributed by atoms with Crippen LogP contribution in [0.15, 0.2) is 25.3 Å². The molecule has 0 N–H and O–H groups in total. The summed E-state index contributed by atoms with van der Waals surface area (Å²) in [6, 6.07) is 0. The van der Waals surface area contributed by atoms with Gasteiger partial charge in [0.05, 0.1) is 6.60 Å². The molecule has 2 radical (unpaired) electrons. The minimum Gasteiger partial charge on any atom is -0.104 e. The van der Waals surface area contributed by atoms with Crippen molar-refractivity contribution in [3.63, 3.8) is 0 Å². The zero-order valence-corrected chi connectivity index (χ0v) is 5.14. The predicted octanol–water partition coefficient (Wildman–Crippen LogP) is 1.52. The van der Waals surface area contributed by atoms with E-state index in [4.69, 9.17) is 7.74 Å². The first-order valence-electron chi connectivity index (χ1n) is 2.78. The normalized spacial score (nSPS) is 8.00. The molecule has 0 aliphatic rings. The van der Waals surface area contributed by atoms with Crippen molar-refractivity contribution >= 4 is 14.3 Å². The number of rotatable bonds is 4. The molecule has 0 amide bonds. The van der Waals surface area contributed by atoms with Gasteiger partial charge in [-0.3, -0.25) is 0 Å². The maximum atomic E-state index is 5.55. The summed E-state index contributed by atoms with van der Waals surface area (Å²) in [6.45, 7) is 7.36. The third-order valence-corrected chi connectivity index (χ3v) is 0.939. The fraction of sp³-hybridized carbons (Fsp3) is 0.333. The molecule has 0 atom stereocenters. The minimum absolute atomic E-state index is 0.227. The third kappa shape index (κ3) is 3.79. The Morgan fingerprint density at radius 3 is 1.88 bits per heavy atom. The number of hydrogen-bond donors (Lipinski definition) is 0. The first-order chi connectivity index (χ1) is 3.81. The molecule has 0 nitrogen and oxygen atoms in total. The standard InChI is InChI=1S/C6H10B2/c1-3-5-8(7)6-4-2/h3-4H,1-2,5-6H2. The Morgan fingerprint density at radius 1 is 1.25 bits per heavy atom. The smallest absolute Gasteiger partial charge is 0.0997 e. The van der Waals surface area contributed by atoms with E-state index in [0.717, 1.165) is 12.6 Å². The second kappa shape index (κ2) is 4.76. The van der Waals surface area contributed by atoms with Crippen LogP contribution in [0.4, 0.5) is 0 Å². The van der Waals surface area contributed by atoms with Crippen LogP contribution in [0.3, 0.4) is 0 Å². The van der Waals surface area contributed by atoms with E-state index in [0.29, 0.717) is 0 Å². The van der Waals surface area contributed by atoms with Crippen molar-refractivity contribution < 1.29 is 0 Å². The lowest BCUT2D eigenvalue weighted by atomic mass is 9.29. The van der Waals surface area contributed by atoms with Crippen LogP contribution in [-0.4, -0.2) is 14.3 Å².